The lowest BCUT2D eigenvalue weighted by molar-refractivity contribution is -0.113. The molecule has 0 atom stereocenters. The highest BCUT2D eigenvalue weighted by Gasteiger charge is 2.36. The maximum Gasteiger partial charge on any atom is 0.298 e. The normalized spacial score (nSPS) is 14.7. The van der Waals surface area contributed by atoms with Gasteiger partial charge in [0.2, 0.25) is 0 Å². The van der Waals surface area contributed by atoms with Crippen molar-refractivity contribution in [1.82, 2.24) is 0 Å². The molecule has 4 rings (SSSR count). The number of nitrogens with zero attached hydrogens (tertiary/aromatic N) is 1. The van der Waals surface area contributed by atoms with Crippen LogP contribution in [0.3, 0.4) is 0 Å². The fourth-order valence-electron chi connectivity index (χ4n) is 3.49. The fourth-order valence-corrected chi connectivity index (χ4v) is 4.79. The Bertz CT molecular complexity index is 1290. The molecule has 5 nitrogen and oxygen atoms in total. The zero-order chi connectivity index (χ0) is 24.2. The van der Waals surface area contributed by atoms with Crippen molar-refractivity contribution >= 4 is 57.9 Å². The van der Waals surface area contributed by atoms with Gasteiger partial charge in [-0.05, 0) is 73.1 Å². The second-order valence-electron chi connectivity index (χ2n) is 7.54. The smallest absolute Gasteiger partial charge is 0.298 e. The number of hydrogen-bond acceptors (Lipinski definition) is 5. The van der Waals surface area contributed by atoms with Crippen molar-refractivity contribution in [3.05, 3.63) is 92.3 Å². The minimum atomic E-state index is -0.425. The van der Waals surface area contributed by atoms with Crippen molar-refractivity contribution in [3.8, 4) is 11.5 Å². The zero-order valence-electron chi connectivity index (χ0n) is 18.5. The average Bonchev–Trinajstić information content (AvgIpc) is 3.06. The Kier molecular flexibility index (Phi) is 7.51. The molecule has 1 aliphatic rings. The molecule has 2 amide bonds. The van der Waals surface area contributed by atoms with Crippen molar-refractivity contribution < 1.29 is 19.1 Å². The summed E-state index contributed by atoms with van der Waals surface area (Å²) in [6.07, 6.45) is 1.62. The standard InChI is InChI=1S/C26H21Cl2NO4S/c1-3-32-22-12-18(11-21(28)24(22)33-15-17-7-4-6-16(2)10-17)13-23-25(30)29(26(31)34-23)20-9-5-8-19(27)14-20/h4-14H,3,15H2,1-2H3/b23-13+. The maximum absolute atomic E-state index is 13.0. The molecule has 1 aliphatic heterocycles. The molecule has 174 valence electrons. The number of aryl methyl sites for hydroxylation is 1. The van der Waals surface area contributed by atoms with Crippen molar-refractivity contribution in [2.24, 2.45) is 0 Å². The molecule has 0 N–H and O–H groups in total. The van der Waals surface area contributed by atoms with Gasteiger partial charge in [0.25, 0.3) is 11.1 Å². The maximum atomic E-state index is 13.0. The first-order chi connectivity index (χ1) is 16.4. The molecule has 3 aromatic carbocycles. The quantitative estimate of drug-likeness (QED) is 0.305. The van der Waals surface area contributed by atoms with Crippen LogP contribution < -0.4 is 14.4 Å². The molecule has 0 aliphatic carbocycles. The molecule has 0 radical (unpaired) electrons. The number of amides is 2. The lowest BCUT2D eigenvalue weighted by atomic mass is 10.1. The SMILES string of the molecule is CCOc1cc(/C=C2/SC(=O)N(c3cccc(Cl)c3)C2=O)cc(Cl)c1OCc1cccc(C)c1. The predicted molar refractivity (Wildman–Crippen MR) is 138 cm³/mol. The van der Waals surface area contributed by atoms with Gasteiger partial charge in [-0.25, -0.2) is 4.90 Å². The molecular weight excluding hydrogens is 493 g/mol. The van der Waals surface area contributed by atoms with Crippen LogP contribution in [0.5, 0.6) is 11.5 Å². The summed E-state index contributed by atoms with van der Waals surface area (Å²) in [5.74, 6) is 0.461. The summed E-state index contributed by atoms with van der Waals surface area (Å²) in [6, 6.07) is 18.0. The summed E-state index contributed by atoms with van der Waals surface area (Å²) in [6.45, 7) is 4.62. The first kappa shape index (κ1) is 24.2. The highest BCUT2D eigenvalue weighted by Crippen LogP contribution is 2.40. The highest BCUT2D eigenvalue weighted by molar-refractivity contribution is 8.19. The second-order valence-corrected chi connectivity index (χ2v) is 9.37. The molecule has 0 saturated carbocycles. The minimum Gasteiger partial charge on any atom is -0.490 e. The van der Waals surface area contributed by atoms with Crippen LogP contribution in [-0.4, -0.2) is 17.8 Å². The third-order valence-corrected chi connectivity index (χ3v) is 6.34. The number of halogens is 2. The van der Waals surface area contributed by atoms with Crippen molar-refractivity contribution in [3.63, 3.8) is 0 Å². The Morgan fingerprint density at radius 2 is 1.79 bits per heavy atom. The first-order valence-corrected chi connectivity index (χ1v) is 12.1. The van der Waals surface area contributed by atoms with Crippen LogP contribution in [0.15, 0.2) is 65.6 Å². The number of ether oxygens (including phenoxy) is 2. The molecule has 0 aromatic heterocycles. The Morgan fingerprint density at radius 3 is 2.53 bits per heavy atom. The molecular formula is C26H21Cl2NO4S. The number of benzene rings is 3. The number of anilines is 1. The van der Waals surface area contributed by atoms with Crippen LogP contribution >= 0.6 is 35.0 Å². The average molecular weight is 514 g/mol. The zero-order valence-corrected chi connectivity index (χ0v) is 20.8. The van der Waals surface area contributed by atoms with E-state index >= 15 is 0 Å². The molecule has 1 heterocycles. The first-order valence-electron chi connectivity index (χ1n) is 10.5. The van der Waals surface area contributed by atoms with E-state index in [9.17, 15) is 9.59 Å². The van der Waals surface area contributed by atoms with Gasteiger partial charge in [-0.1, -0.05) is 59.1 Å². The predicted octanol–water partition coefficient (Wildman–Crippen LogP) is 7.52. The molecule has 3 aromatic rings. The van der Waals surface area contributed by atoms with Crippen molar-refractivity contribution in [2.45, 2.75) is 20.5 Å². The van der Waals surface area contributed by atoms with Crippen LogP contribution in [0.2, 0.25) is 10.0 Å². The van der Waals surface area contributed by atoms with E-state index in [4.69, 9.17) is 32.7 Å². The Labute approximate surface area is 212 Å². The second kappa shape index (κ2) is 10.6. The van der Waals surface area contributed by atoms with E-state index in [2.05, 4.69) is 0 Å². The summed E-state index contributed by atoms with van der Waals surface area (Å²) in [5, 5.41) is 0.390. The van der Waals surface area contributed by atoms with Crippen LogP contribution in [0, 0.1) is 6.92 Å². The van der Waals surface area contributed by atoms with Gasteiger partial charge in [-0.2, -0.15) is 0 Å². The number of rotatable bonds is 7. The van der Waals surface area contributed by atoms with Gasteiger partial charge in [-0.3, -0.25) is 9.59 Å². The van der Waals surface area contributed by atoms with Gasteiger partial charge in [0.1, 0.15) is 6.61 Å². The summed E-state index contributed by atoms with van der Waals surface area (Å²) in [4.78, 5) is 26.9. The number of hydrogen-bond donors (Lipinski definition) is 0. The van der Waals surface area contributed by atoms with Gasteiger partial charge in [-0.15, -0.1) is 0 Å². The Hall–Kier alpha value is -2.93. The van der Waals surface area contributed by atoms with Gasteiger partial charge < -0.3 is 9.47 Å². The molecule has 8 heteroatoms. The van der Waals surface area contributed by atoms with Crippen LogP contribution in [-0.2, 0) is 11.4 Å². The summed E-state index contributed by atoms with van der Waals surface area (Å²) in [7, 11) is 0. The summed E-state index contributed by atoms with van der Waals surface area (Å²) >= 11 is 13.4. The highest BCUT2D eigenvalue weighted by atomic mass is 35.5. The molecule has 0 bridgehead atoms. The number of carbonyl (C=O) groups is 2. The Morgan fingerprint density at radius 1 is 1.00 bits per heavy atom. The molecule has 0 unspecified atom stereocenters. The molecule has 34 heavy (non-hydrogen) atoms. The van der Waals surface area contributed by atoms with E-state index in [0.717, 1.165) is 27.8 Å². The van der Waals surface area contributed by atoms with E-state index in [1.54, 1.807) is 42.5 Å². The van der Waals surface area contributed by atoms with Gasteiger partial charge in [0, 0.05) is 5.02 Å². The fraction of sp³-hybridized carbons (Fsp3) is 0.154. The molecule has 1 saturated heterocycles. The lowest BCUT2D eigenvalue weighted by Gasteiger charge is -2.15. The monoisotopic (exact) mass is 513 g/mol. The van der Waals surface area contributed by atoms with Gasteiger partial charge >= 0.3 is 0 Å². The van der Waals surface area contributed by atoms with Crippen LogP contribution in [0.4, 0.5) is 10.5 Å². The van der Waals surface area contributed by atoms with Crippen LogP contribution in [0.25, 0.3) is 6.08 Å². The van der Waals surface area contributed by atoms with E-state index in [-0.39, 0.29) is 4.91 Å². The number of carbonyl (C=O) groups excluding carboxylic acids is 2. The molecule has 1 fully saturated rings. The van der Waals surface area contributed by atoms with Gasteiger partial charge in [0.05, 0.1) is 22.2 Å². The van der Waals surface area contributed by atoms with Crippen molar-refractivity contribution in [2.75, 3.05) is 11.5 Å². The number of thioether (sulfide) groups is 1. The van der Waals surface area contributed by atoms with E-state index in [0.29, 0.717) is 46.0 Å². The Balaban J connectivity index is 1.60. The van der Waals surface area contributed by atoms with E-state index in [1.165, 1.54) is 0 Å². The summed E-state index contributed by atoms with van der Waals surface area (Å²) < 4.78 is 11.8. The third kappa shape index (κ3) is 5.41. The van der Waals surface area contributed by atoms with E-state index in [1.807, 2.05) is 38.1 Å². The molecule has 0 spiro atoms. The van der Waals surface area contributed by atoms with Gasteiger partial charge in [0.15, 0.2) is 11.5 Å². The minimum absolute atomic E-state index is 0.275. The number of imide groups is 1. The van der Waals surface area contributed by atoms with Crippen LogP contribution in [0.1, 0.15) is 23.6 Å². The largest absolute Gasteiger partial charge is 0.490 e. The van der Waals surface area contributed by atoms with E-state index < -0.39 is 11.1 Å². The summed E-state index contributed by atoms with van der Waals surface area (Å²) in [5.41, 5.74) is 3.19. The van der Waals surface area contributed by atoms with Crippen molar-refractivity contribution in [1.29, 1.82) is 0 Å². The third-order valence-electron chi connectivity index (χ3n) is 4.96. The topological polar surface area (TPSA) is 55.8 Å². The lowest BCUT2D eigenvalue weighted by Crippen LogP contribution is -2.27.